The summed E-state index contributed by atoms with van der Waals surface area (Å²) in [4.78, 5) is 0. The summed E-state index contributed by atoms with van der Waals surface area (Å²) in [5.41, 5.74) is -0.0721. The molecule has 0 radical (unpaired) electrons. The quantitative estimate of drug-likeness (QED) is 0.463. The van der Waals surface area contributed by atoms with Gasteiger partial charge >= 0.3 is 0 Å². The third kappa shape index (κ3) is 3.52. The van der Waals surface area contributed by atoms with Gasteiger partial charge in [0.05, 0.1) is 31.5 Å². The van der Waals surface area contributed by atoms with Crippen LogP contribution < -0.4 is 4.74 Å². The summed E-state index contributed by atoms with van der Waals surface area (Å²) in [5, 5.41) is 23.9. The molecule has 5 heteroatoms. The molecular weight excluding hydrogens is 488 g/mol. The lowest BCUT2D eigenvalue weighted by Gasteiger charge is -2.66. The largest absolute Gasteiger partial charge is 0.497 e. The van der Waals surface area contributed by atoms with Gasteiger partial charge in [0, 0.05) is 23.7 Å². The van der Waals surface area contributed by atoms with Crippen LogP contribution in [0, 0.1) is 52.3 Å². The number of fused-ring (bicyclic) bond motifs is 7. The lowest BCUT2D eigenvalue weighted by atomic mass is 9.40. The number of hydrogen-bond acceptors (Lipinski definition) is 5. The fraction of sp³-hybridized carbons (Fsp3) is 0.824. The molecule has 216 valence electrons. The Kier molecular flexibility index (Phi) is 6.12. The fourth-order valence-electron chi connectivity index (χ4n) is 11.5. The van der Waals surface area contributed by atoms with Crippen LogP contribution in [0.4, 0.5) is 0 Å². The van der Waals surface area contributed by atoms with Crippen molar-refractivity contribution >= 4 is 0 Å². The summed E-state index contributed by atoms with van der Waals surface area (Å²) in [6.45, 7) is 10.3. The normalized spacial score (nSPS) is 54.5. The van der Waals surface area contributed by atoms with Crippen molar-refractivity contribution in [3.8, 4) is 5.75 Å². The van der Waals surface area contributed by atoms with Crippen LogP contribution in [-0.2, 0) is 15.1 Å². The average Bonchev–Trinajstić information content (AvgIpc) is 3.38. The molecule has 0 unspecified atom stereocenters. The van der Waals surface area contributed by atoms with Gasteiger partial charge in [0.25, 0.3) is 0 Å². The number of methoxy groups -OCH3 is 1. The Labute approximate surface area is 235 Å². The molecule has 5 nitrogen and oxygen atoms in total. The van der Waals surface area contributed by atoms with Crippen LogP contribution >= 0.6 is 0 Å². The molecule has 1 aromatic carbocycles. The van der Waals surface area contributed by atoms with Crippen LogP contribution in [0.5, 0.6) is 5.75 Å². The number of benzene rings is 1. The summed E-state index contributed by atoms with van der Waals surface area (Å²) < 4.78 is 19.1. The molecule has 0 amide bonds. The van der Waals surface area contributed by atoms with E-state index in [1.807, 2.05) is 12.1 Å². The molecular formula is C34H50O5. The van der Waals surface area contributed by atoms with Gasteiger partial charge in [-0.2, -0.15) is 0 Å². The minimum Gasteiger partial charge on any atom is -0.497 e. The highest BCUT2D eigenvalue weighted by molar-refractivity contribution is 5.36. The summed E-state index contributed by atoms with van der Waals surface area (Å²) in [6.07, 6.45) is 9.18. The highest BCUT2D eigenvalue weighted by Crippen LogP contribution is 2.75. The highest BCUT2D eigenvalue weighted by Gasteiger charge is 2.75. The molecule has 0 aromatic heterocycles. The van der Waals surface area contributed by atoms with Crippen molar-refractivity contribution in [3.63, 3.8) is 0 Å². The SMILES string of the molecule is COc1ccc([C@@]2(O)C[C@H]3[C@@H](CC[C@H]4C[C@@H](O)CC[C@@]43C)[C@@H]3C[C@@H]4O[C@]5(CC[C@@H](C)CO5)[C@@H](C)[C@@H]4[C@]32C)cc1. The van der Waals surface area contributed by atoms with E-state index in [2.05, 4.69) is 39.8 Å². The first-order valence-corrected chi connectivity index (χ1v) is 15.9. The zero-order chi connectivity index (χ0) is 27.4. The van der Waals surface area contributed by atoms with E-state index in [9.17, 15) is 10.2 Å². The van der Waals surface area contributed by atoms with E-state index in [1.54, 1.807) is 7.11 Å². The van der Waals surface area contributed by atoms with E-state index in [4.69, 9.17) is 14.2 Å². The van der Waals surface area contributed by atoms with Gasteiger partial charge in [-0.15, -0.1) is 0 Å². The van der Waals surface area contributed by atoms with Crippen molar-refractivity contribution in [1.29, 1.82) is 0 Å². The Morgan fingerprint density at radius 2 is 1.72 bits per heavy atom. The van der Waals surface area contributed by atoms with Gasteiger partial charge in [-0.05, 0) is 104 Å². The topological polar surface area (TPSA) is 68.2 Å². The van der Waals surface area contributed by atoms with E-state index in [0.717, 1.165) is 62.9 Å². The van der Waals surface area contributed by atoms with Crippen LogP contribution in [0.3, 0.4) is 0 Å². The molecule has 7 rings (SSSR count). The van der Waals surface area contributed by atoms with Crippen molar-refractivity contribution in [2.75, 3.05) is 13.7 Å². The van der Waals surface area contributed by atoms with Crippen molar-refractivity contribution in [2.24, 2.45) is 52.3 Å². The van der Waals surface area contributed by atoms with Crippen LogP contribution in [0.2, 0.25) is 0 Å². The smallest absolute Gasteiger partial charge is 0.171 e. The van der Waals surface area contributed by atoms with Gasteiger partial charge in [0.2, 0.25) is 0 Å². The van der Waals surface area contributed by atoms with Crippen LogP contribution in [0.15, 0.2) is 24.3 Å². The van der Waals surface area contributed by atoms with Crippen molar-refractivity contribution in [1.82, 2.24) is 0 Å². The van der Waals surface area contributed by atoms with Crippen LogP contribution in [-0.4, -0.2) is 41.9 Å². The van der Waals surface area contributed by atoms with Crippen LogP contribution in [0.25, 0.3) is 0 Å². The zero-order valence-electron chi connectivity index (χ0n) is 24.7. The Balaban J connectivity index is 1.33. The van der Waals surface area contributed by atoms with Gasteiger partial charge in [-0.1, -0.05) is 39.8 Å². The maximum absolute atomic E-state index is 13.3. The second-order valence-electron chi connectivity index (χ2n) is 15.1. The molecule has 4 saturated carbocycles. The third-order valence-corrected chi connectivity index (χ3v) is 13.7. The zero-order valence-corrected chi connectivity index (χ0v) is 24.7. The molecule has 39 heavy (non-hydrogen) atoms. The second kappa shape index (κ2) is 8.93. The van der Waals surface area contributed by atoms with E-state index in [0.29, 0.717) is 29.6 Å². The van der Waals surface area contributed by atoms with Gasteiger partial charge in [-0.25, -0.2) is 0 Å². The van der Waals surface area contributed by atoms with E-state index in [-0.39, 0.29) is 34.9 Å². The highest BCUT2D eigenvalue weighted by atomic mass is 16.7. The number of aliphatic hydroxyl groups is 2. The van der Waals surface area contributed by atoms with Crippen molar-refractivity contribution < 1.29 is 24.4 Å². The van der Waals surface area contributed by atoms with Crippen molar-refractivity contribution in [2.45, 2.75) is 109 Å². The number of ether oxygens (including phenoxy) is 3. The molecule has 2 heterocycles. The molecule has 4 aliphatic carbocycles. The van der Waals surface area contributed by atoms with Gasteiger partial charge < -0.3 is 24.4 Å². The second-order valence-corrected chi connectivity index (χ2v) is 15.1. The molecule has 2 N–H and O–H groups in total. The van der Waals surface area contributed by atoms with E-state index in [1.165, 1.54) is 12.8 Å². The van der Waals surface area contributed by atoms with E-state index < -0.39 is 11.4 Å². The lowest BCUT2D eigenvalue weighted by molar-refractivity contribution is -0.279. The van der Waals surface area contributed by atoms with Crippen molar-refractivity contribution in [3.05, 3.63) is 29.8 Å². The van der Waals surface area contributed by atoms with E-state index >= 15 is 0 Å². The monoisotopic (exact) mass is 538 g/mol. The summed E-state index contributed by atoms with van der Waals surface area (Å²) >= 11 is 0. The maximum Gasteiger partial charge on any atom is 0.171 e. The summed E-state index contributed by atoms with van der Waals surface area (Å²) in [6, 6.07) is 8.29. The molecule has 13 atom stereocenters. The summed E-state index contributed by atoms with van der Waals surface area (Å²) in [7, 11) is 1.70. The molecule has 2 aliphatic heterocycles. The van der Waals surface area contributed by atoms with Gasteiger partial charge in [0.1, 0.15) is 5.75 Å². The Morgan fingerprint density at radius 1 is 0.949 bits per heavy atom. The van der Waals surface area contributed by atoms with Gasteiger partial charge in [-0.3, -0.25) is 0 Å². The molecule has 1 aromatic rings. The Morgan fingerprint density at radius 3 is 2.41 bits per heavy atom. The first-order valence-electron chi connectivity index (χ1n) is 15.9. The lowest BCUT2D eigenvalue weighted by Crippen LogP contribution is -2.63. The molecule has 0 bridgehead atoms. The predicted octanol–water partition coefficient (Wildman–Crippen LogP) is 6.30. The number of hydrogen-bond donors (Lipinski definition) is 2. The molecule has 6 aliphatic rings. The average molecular weight is 539 g/mol. The Bertz CT molecular complexity index is 1080. The molecule has 6 fully saturated rings. The standard InChI is InChI=1S/C34H50O5/c1-20-12-15-34(38-19-20)21(2)30-29(39-34)17-27-26-11-8-23-16-24(35)13-14-31(23,3)28(26)18-33(36,32(27,30)4)22-6-9-25(37-5)10-7-22/h6-7,9-10,20-21,23-24,26-30,35-36H,8,11-19H2,1-5H3/t20-,21+,23+,24+,26+,27+,28+,29+,30+,31+,32+,33+,34-/m1/s1. The fourth-order valence-corrected chi connectivity index (χ4v) is 11.5. The Hall–Kier alpha value is -1.14. The van der Waals surface area contributed by atoms with Crippen LogP contribution in [0.1, 0.15) is 91.0 Å². The maximum atomic E-state index is 13.3. The van der Waals surface area contributed by atoms with Gasteiger partial charge in [0.15, 0.2) is 5.79 Å². The molecule has 1 spiro atoms. The third-order valence-electron chi connectivity index (χ3n) is 13.7. The number of rotatable bonds is 2. The first-order chi connectivity index (χ1) is 18.6. The minimum atomic E-state index is -0.962. The number of aliphatic hydroxyl groups excluding tert-OH is 1. The minimum absolute atomic E-state index is 0.130. The predicted molar refractivity (Wildman–Crippen MR) is 150 cm³/mol. The summed E-state index contributed by atoms with van der Waals surface area (Å²) in [5.74, 6) is 3.39. The first kappa shape index (κ1) is 26.7. The molecule has 2 saturated heterocycles.